The predicted octanol–water partition coefficient (Wildman–Crippen LogP) is 7.10. The molecule has 1 spiro atoms. The number of fused-ring (bicyclic) bond motifs is 10. The third-order valence-corrected chi connectivity index (χ3v) is 10.1. The van der Waals surface area contributed by atoms with Gasteiger partial charge in [-0.05, 0) is 53.9 Å². The Bertz CT molecular complexity index is 2780. The maximum Gasteiger partial charge on any atom is 0.318 e. The first-order chi connectivity index (χ1) is 20.9. The number of imidazole rings is 1. The molecule has 0 saturated heterocycles. The standard InChI is InChI=1S/C37H20N4O/c1-2-8-22-21(7-1)12-13-26-24-14-16-28-32-31(24)36-38(34(22)26)19-20-40(36)37(32)33-29(42-28)17-15-25-23-9-3-4-10-27(23)41(35(25)33)30-11-5-6-18-39(30)37/h1-20H/q+2. The molecule has 4 aromatic heterocycles. The Morgan fingerprint density at radius 1 is 0.571 bits per heavy atom. The van der Waals surface area contributed by atoms with Gasteiger partial charge in [-0.1, -0.05) is 48.5 Å². The molecule has 5 nitrogen and oxygen atoms in total. The minimum Gasteiger partial charge on any atom is -0.456 e. The van der Waals surface area contributed by atoms with Gasteiger partial charge in [-0.25, -0.2) is 0 Å². The first kappa shape index (κ1) is 20.2. The van der Waals surface area contributed by atoms with E-state index >= 15 is 0 Å². The lowest BCUT2D eigenvalue weighted by atomic mass is 9.83. The molecule has 0 bridgehead atoms. The first-order valence-electron chi connectivity index (χ1n) is 14.5. The average molecular weight is 537 g/mol. The molecule has 0 saturated carbocycles. The fourth-order valence-corrected chi connectivity index (χ4v) is 8.71. The summed E-state index contributed by atoms with van der Waals surface area (Å²) in [6, 6.07) is 37.5. The number of ether oxygens (including phenoxy) is 1. The molecule has 9 aromatic rings. The molecule has 0 fully saturated rings. The number of para-hydroxylation sites is 1. The molecule has 12 rings (SSSR count). The number of pyridine rings is 2. The summed E-state index contributed by atoms with van der Waals surface area (Å²) in [5, 5.41) is 8.79. The van der Waals surface area contributed by atoms with Crippen LogP contribution in [0.3, 0.4) is 0 Å². The number of hydrogen-bond donors (Lipinski definition) is 0. The van der Waals surface area contributed by atoms with E-state index in [0.717, 1.165) is 17.3 Å². The zero-order valence-corrected chi connectivity index (χ0v) is 22.2. The number of hydrogen-bond acceptors (Lipinski definition) is 1. The molecule has 1 atom stereocenters. The Hall–Kier alpha value is -5.68. The van der Waals surface area contributed by atoms with Crippen molar-refractivity contribution >= 4 is 59.9 Å². The second-order valence-corrected chi connectivity index (χ2v) is 11.8. The molecule has 0 N–H and O–H groups in total. The van der Waals surface area contributed by atoms with E-state index in [1.807, 2.05) is 0 Å². The molecular formula is C37H20N4O+2. The lowest BCUT2D eigenvalue weighted by molar-refractivity contribution is -0.956. The topological polar surface area (TPSA) is 26.3 Å². The third-order valence-electron chi connectivity index (χ3n) is 10.1. The highest BCUT2D eigenvalue weighted by Crippen LogP contribution is 2.56. The van der Waals surface area contributed by atoms with Crippen molar-refractivity contribution in [2.45, 2.75) is 5.66 Å². The number of aromatic nitrogens is 4. The van der Waals surface area contributed by atoms with Crippen molar-refractivity contribution in [2.75, 3.05) is 0 Å². The zero-order valence-electron chi connectivity index (χ0n) is 22.2. The van der Waals surface area contributed by atoms with E-state index in [1.165, 1.54) is 71.0 Å². The van der Waals surface area contributed by atoms with Crippen LogP contribution in [0.25, 0.3) is 65.7 Å². The van der Waals surface area contributed by atoms with Gasteiger partial charge < -0.3 is 4.74 Å². The highest BCUT2D eigenvalue weighted by molar-refractivity contribution is 6.20. The summed E-state index contributed by atoms with van der Waals surface area (Å²) in [6.45, 7) is 0. The van der Waals surface area contributed by atoms with Crippen LogP contribution in [-0.2, 0) is 5.66 Å². The Balaban J connectivity index is 1.41. The number of nitrogens with zero attached hydrogens (tertiary/aromatic N) is 4. The lowest BCUT2D eigenvalue weighted by Gasteiger charge is -2.36. The minimum absolute atomic E-state index is 0.632. The molecule has 5 aromatic carbocycles. The summed E-state index contributed by atoms with van der Waals surface area (Å²) in [4.78, 5) is 0. The quantitative estimate of drug-likeness (QED) is 0.150. The molecule has 7 heterocycles. The average Bonchev–Trinajstić information content (AvgIpc) is 3.72. The van der Waals surface area contributed by atoms with Gasteiger partial charge in [-0.3, -0.25) is 0 Å². The summed E-state index contributed by atoms with van der Waals surface area (Å²) >= 11 is 0. The molecule has 0 radical (unpaired) electrons. The predicted molar refractivity (Wildman–Crippen MR) is 163 cm³/mol. The molecule has 0 amide bonds. The largest absolute Gasteiger partial charge is 0.456 e. The van der Waals surface area contributed by atoms with Crippen molar-refractivity contribution in [1.29, 1.82) is 0 Å². The summed E-state index contributed by atoms with van der Waals surface area (Å²) < 4.78 is 16.7. The molecule has 3 aliphatic heterocycles. The Labute approximate surface area is 238 Å². The highest BCUT2D eigenvalue weighted by Gasteiger charge is 2.64. The molecule has 0 aliphatic carbocycles. The Morgan fingerprint density at radius 2 is 1.33 bits per heavy atom. The van der Waals surface area contributed by atoms with Crippen LogP contribution in [0.15, 0.2) is 122 Å². The minimum atomic E-state index is -0.632. The van der Waals surface area contributed by atoms with Gasteiger partial charge in [0.2, 0.25) is 0 Å². The van der Waals surface area contributed by atoms with Crippen LogP contribution in [0.1, 0.15) is 11.1 Å². The van der Waals surface area contributed by atoms with Crippen molar-refractivity contribution in [1.82, 2.24) is 8.97 Å². The van der Waals surface area contributed by atoms with Gasteiger partial charge in [0.05, 0.1) is 11.6 Å². The van der Waals surface area contributed by atoms with Crippen LogP contribution < -0.4 is 13.9 Å². The van der Waals surface area contributed by atoms with E-state index in [9.17, 15) is 0 Å². The van der Waals surface area contributed by atoms with Gasteiger partial charge in [0.15, 0.2) is 5.52 Å². The highest BCUT2D eigenvalue weighted by atomic mass is 16.5. The van der Waals surface area contributed by atoms with Gasteiger partial charge in [0.25, 0.3) is 11.5 Å². The van der Waals surface area contributed by atoms with Gasteiger partial charge in [0, 0.05) is 33.0 Å². The van der Waals surface area contributed by atoms with E-state index in [1.54, 1.807) is 0 Å². The monoisotopic (exact) mass is 536 g/mol. The van der Waals surface area contributed by atoms with Crippen molar-refractivity contribution < 1.29 is 13.9 Å². The SMILES string of the molecule is c1cc[n+]2c(c1)-n1c3ccccc3c3ccc4c(c31)C21c2c(ccc3c5ccc6ccccc6c5n5cc[n+]1c5c23)O4. The number of rotatable bonds is 0. The van der Waals surface area contributed by atoms with E-state index in [-0.39, 0.29) is 0 Å². The third kappa shape index (κ3) is 1.85. The summed E-state index contributed by atoms with van der Waals surface area (Å²) in [6.07, 6.45) is 6.80. The van der Waals surface area contributed by atoms with Crippen LogP contribution in [0.4, 0.5) is 0 Å². The molecule has 5 heteroatoms. The second kappa shape index (κ2) is 6.29. The Morgan fingerprint density at radius 3 is 2.29 bits per heavy atom. The van der Waals surface area contributed by atoms with Crippen molar-refractivity contribution in [2.24, 2.45) is 0 Å². The van der Waals surface area contributed by atoms with E-state index < -0.39 is 5.66 Å². The van der Waals surface area contributed by atoms with Crippen LogP contribution in [0.2, 0.25) is 0 Å². The fraction of sp³-hybridized carbons (Fsp3) is 0.0270. The summed E-state index contributed by atoms with van der Waals surface area (Å²) in [5.41, 5.74) is 6.66. The lowest BCUT2D eigenvalue weighted by Crippen LogP contribution is -2.75. The maximum atomic E-state index is 6.87. The van der Waals surface area contributed by atoms with Crippen LogP contribution in [0, 0.1) is 0 Å². The van der Waals surface area contributed by atoms with Crippen LogP contribution in [0.5, 0.6) is 11.5 Å². The maximum absolute atomic E-state index is 6.87. The van der Waals surface area contributed by atoms with Gasteiger partial charge in [-0.15, -0.1) is 0 Å². The van der Waals surface area contributed by atoms with Gasteiger partial charge in [0.1, 0.15) is 46.1 Å². The molecule has 42 heavy (non-hydrogen) atoms. The van der Waals surface area contributed by atoms with Crippen molar-refractivity contribution in [3.05, 3.63) is 133 Å². The van der Waals surface area contributed by atoms with E-state index in [0.29, 0.717) is 0 Å². The normalized spacial score (nSPS) is 17.3. The van der Waals surface area contributed by atoms with E-state index in [2.05, 4.69) is 140 Å². The Kier molecular flexibility index (Phi) is 3.03. The molecule has 1 unspecified atom stereocenters. The molecule has 3 aliphatic rings. The number of benzene rings is 5. The molecular weight excluding hydrogens is 516 g/mol. The van der Waals surface area contributed by atoms with E-state index in [4.69, 9.17) is 4.74 Å². The van der Waals surface area contributed by atoms with Crippen molar-refractivity contribution in [3.63, 3.8) is 0 Å². The van der Waals surface area contributed by atoms with Gasteiger partial charge in [-0.2, -0.15) is 18.1 Å². The zero-order chi connectivity index (χ0) is 26.9. The fourth-order valence-electron chi connectivity index (χ4n) is 8.71. The van der Waals surface area contributed by atoms with Crippen LogP contribution >= 0.6 is 0 Å². The van der Waals surface area contributed by atoms with Crippen LogP contribution in [-0.4, -0.2) is 8.97 Å². The second-order valence-electron chi connectivity index (χ2n) is 11.8. The van der Waals surface area contributed by atoms with Crippen molar-refractivity contribution in [3.8, 4) is 17.3 Å². The van der Waals surface area contributed by atoms with Gasteiger partial charge >= 0.3 is 5.66 Å². The first-order valence-corrected chi connectivity index (χ1v) is 14.5. The molecule has 192 valence electrons. The summed E-state index contributed by atoms with van der Waals surface area (Å²) in [5.74, 6) is 2.98. The summed E-state index contributed by atoms with van der Waals surface area (Å²) in [7, 11) is 0. The smallest absolute Gasteiger partial charge is 0.318 e.